The number of aromatic nitrogens is 3. The number of aliphatic hydroxyl groups excluding tert-OH is 1. The van der Waals surface area contributed by atoms with E-state index in [9.17, 15) is 18.3 Å². The Morgan fingerprint density at radius 2 is 2.04 bits per heavy atom. The lowest BCUT2D eigenvalue weighted by atomic mass is 10.00. The molecule has 1 fully saturated rings. The molecular formula is C16H15ClF3N3O2. The van der Waals surface area contributed by atoms with Crippen LogP contribution in [-0.4, -0.2) is 31.1 Å². The Labute approximate surface area is 146 Å². The summed E-state index contributed by atoms with van der Waals surface area (Å²) < 4.78 is 42.0. The van der Waals surface area contributed by atoms with Crippen LogP contribution < -0.4 is 4.74 Å². The molecule has 0 radical (unpaired) electrons. The van der Waals surface area contributed by atoms with Gasteiger partial charge in [-0.25, -0.2) is 4.98 Å². The van der Waals surface area contributed by atoms with Crippen LogP contribution in [0.2, 0.25) is 0 Å². The van der Waals surface area contributed by atoms with Crippen molar-refractivity contribution in [3.63, 3.8) is 0 Å². The summed E-state index contributed by atoms with van der Waals surface area (Å²) in [5.41, 5.74) is 0.374. The summed E-state index contributed by atoms with van der Waals surface area (Å²) >= 11 is 6.49. The van der Waals surface area contributed by atoms with E-state index < -0.39 is 11.2 Å². The van der Waals surface area contributed by atoms with E-state index in [2.05, 4.69) is 14.8 Å². The quantitative estimate of drug-likeness (QED) is 0.610. The molecule has 9 heteroatoms. The van der Waals surface area contributed by atoms with Gasteiger partial charge in [-0.2, -0.15) is 5.10 Å². The van der Waals surface area contributed by atoms with Crippen LogP contribution in [0.5, 0.6) is 5.75 Å². The predicted molar refractivity (Wildman–Crippen MR) is 85.1 cm³/mol. The number of hydrogen-bond acceptors (Lipinski definition) is 4. The van der Waals surface area contributed by atoms with Crippen molar-refractivity contribution < 1.29 is 23.0 Å². The molecule has 5 nitrogen and oxygen atoms in total. The third-order valence-electron chi connectivity index (χ3n) is 3.99. The lowest BCUT2D eigenvalue weighted by Crippen LogP contribution is -2.21. The monoisotopic (exact) mass is 373 g/mol. The van der Waals surface area contributed by atoms with Gasteiger partial charge in [0, 0.05) is 11.5 Å². The Hall–Kier alpha value is -2.22. The van der Waals surface area contributed by atoms with Crippen LogP contribution in [0.4, 0.5) is 13.2 Å². The van der Waals surface area contributed by atoms with Gasteiger partial charge in [0.25, 0.3) is 0 Å². The number of ether oxygens (including phenoxy) is 1. The minimum atomic E-state index is -4.75. The maximum atomic E-state index is 12.2. The Balaban J connectivity index is 1.76. The first kappa shape index (κ1) is 17.6. The van der Waals surface area contributed by atoms with Gasteiger partial charge < -0.3 is 9.84 Å². The maximum absolute atomic E-state index is 12.2. The molecule has 2 aromatic rings. The molecule has 0 aliphatic heterocycles. The van der Waals surface area contributed by atoms with Gasteiger partial charge in [-0.15, -0.1) is 24.8 Å². The molecule has 1 N–H and O–H groups in total. The highest BCUT2D eigenvalue weighted by molar-refractivity contribution is 6.26. The van der Waals surface area contributed by atoms with Crippen LogP contribution in [0.25, 0.3) is 5.76 Å². The second kappa shape index (κ2) is 6.59. The van der Waals surface area contributed by atoms with Crippen molar-refractivity contribution >= 4 is 17.4 Å². The predicted octanol–water partition coefficient (Wildman–Crippen LogP) is 4.16. The molecule has 1 aliphatic rings. The number of allylic oxidation sites excluding steroid dienone is 1. The van der Waals surface area contributed by atoms with Crippen LogP contribution in [0.3, 0.4) is 0 Å². The normalized spacial score (nSPS) is 18.0. The van der Waals surface area contributed by atoms with E-state index in [-0.39, 0.29) is 17.4 Å². The Morgan fingerprint density at radius 1 is 1.36 bits per heavy atom. The zero-order valence-corrected chi connectivity index (χ0v) is 13.7. The van der Waals surface area contributed by atoms with Crippen molar-refractivity contribution in [3.05, 3.63) is 48.6 Å². The molecule has 1 saturated carbocycles. The summed E-state index contributed by atoms with van der Waals surface area (Å²) in [4.78, 5) is 3.43. The summed E-state index contributed by atoms with van der Waals surface area (Å²) in [6.07, 6.45) is 1.46. The molecule has 1 aliphatic carbocycles. The van der Waals surface area contributed by atoms with E-state index >= 15 is 0 Å². The number of rotatable bonds is 6. The molecule has 0 saturated heterocycles. The molecule has 1 aromatic heterocycles. The van der Waals surface area contributed by atoms with Gasteiger partial charge in [-0.05, 0) is 43.2 Å². The van der Waals surface area contributed by atoms with E-state index in [0.29, 0.717) is 12.1 Å². The van der Waals surface area contributed by atoms with Crippen molar-refractivity contribution in [2.75, 3.05) is 0 Å². The highest BCUT2D eigenvalue weighted by Crippen LogP contribution is 2.50. The van der Waals surface area contributed by atoms with Gasteiger partial charge in [0.1, 0.15) is 24.2 Å². The lowest BCUT2D eigenvalue weighted by Gasteiger charge is -2.18. The number of nitrogens with zero attached hydrogens (tertiary/aromatic N) is 3. The summed E-state index contributed by atoms with van der Waals surface area (Å²) in [5.74, 6) is -0.600. The van der Waals surface area contributed by atoms with E-state index in [1.165, 1.54) is 18.5 Å². The summed E-state index contributed by atoms with van der Waals surface area (Å²) in [7, 11) is 0. The molecule has 0 amide bonds. The SMILES string of the molecule is O/C(=C/C(Cn1cncn1)C1(Cl)CC1)c1ccc(OC(F)(F)F)cc1. The first-order valence-corrected chi connectivity index (χ1v) is 7.91. The zero-order valence-electron chi connectivity index (χ0n) is 12.9. The summed E-state index contributed by atoms with van der Waals surface area (Å²) in [6, 6.07) is 5.00. The van der Waals surface area contributed by atoms with Crippen molar-refractivity contribution in [1.82, 2.24) is 14.8 Å². The molecular weight excluding hydrogens is 359 g/mol. The number of alkyl halides is 4. The lowest BCUT2D eigenvalue weighted by molar-refractivity contribution is -0.274. The zero-order chi connectivity index (χ0) is 18.1. The number of aliphatic hydroxyl groups is 1. The van der Waals surface area contributed by atoms with Crippen LogP contribution >= 0.6 is 11.6 Å². The second-order valence-electron chi connectivity index (χ2n) is 5.88. The van der Waals surface area contributed by atoms with E-state index in [4.69, 9.17) is 11.6 Å². The van der Waals surface area contributed by atoms with Crippen molar-refractivity contribution in [3.8, 4) is 5.75 Å². The second-order valence-corrected chi connectivity index (χ2v) is 6.64. The third-order valence-corrected chi connectivity index (χ3v) is 4.64. The number of halogens is 4. The fourth-order valence-corrected chi connectivity index (χ4v) is 2.73. The first-order valence-electron chi connectivity index (χ1n) is 7.53. The molecule has 3 rings (SSSR count). The van der Waals surface area contributed by atoms with E-state index in [1.54, 1.807) is 17.1 Å². The first-order chi connectivity index (χ1) is 11.8. The fourth-order valence-electron chi connectivity index (χ4n) is 2.50. The highest BCUT2D eigenvalue weighted by atomic mass is 35.5. The highest BCUT2D eigenvalue weighted by Gasteiger charge is 2.47. The van der Waals surface area contributed by atoms with Gasteiger partial charge in [-0.1, -0.05) is 0 Å². The molecule has 1 aromatic carbocycles. The van der Waals surface area contributed by atoms with Crippen LogP contribution in [0.1, 0.15) is 18.4 Å². The third kappa shape index (κ3) is 4.66. The topological polar surface area (TPSA) is 60.2 Å². The van der Waals surface area contributed by atoms with Gasteiger partial charge in [0.2, 0.25) is 0 Å². The van der Waals surface area contributed by atoms with Gasteiger partial charge >= 0.3 is 6.36 Å². The van der Waals surface area contributed by atoms with Crippen LogP contribution in [0.15, 0.2) is 43.0 Å². The molecule has 0 bridgehead atoms. The van der Waals surface area contributed by atoms with Gasteiger partial charge in [-0.3, -0.25) is 4.68 Å². The largest absolute Gasteiger partial charge is 0.573 e. The molecule has 1 unspecified atom stereocenters. The Morgan fingerprint density at radius 3 is 2.56 bits per heavy atom. The smallest absolute Gasteiger partial charge is 0.508 e. The van der Waals surface area contributed by atoms with Gasteiger partial charge in [0.05, 0.1) is 11.4 Å². The van der Waals surface area contributed by atoms with Crippen molar-refractivity contribution in [1.29, 1.82) is 0 Å². The van der Waals surface area contributed by atoms with E-state index in [0.717, 1.165) is 25.0 Å². The minimum Gasteiger partial charge on any atom is -0.508 e. The van der Waals surface area contributed by atoms with E-state index in [1.807, 2.05) is 0 Å². The van der Waals surface area contributed by atoms with Crippen molar-refractivity contribution in [2.45, 2.75) is 30.6 Å². The minimum absolute atomic E-state index is 0.0596. The fraction of sp³-hybridized carbons (Fsp3) is 0.375. The summed E-state index contributed by atoms with van der Waals surface area (Å²) in [6.45, 7) is 0.447. The molecule has 0 spiro atoms. The standard InChI is InChI=1S/C16H15ClF3N3O2/c17-15(5-6-15)12(8-23-10-21-9-22-23)7-14(24)11-1-3-13(4-2-11)25-16(18,19)20/h1-4,7,9-10,12,24H,5-6,8H2/b14-7+. The average molecular weight is 374 g/mol. The molecule has 134 valence electrons. The molecule has 1 atom stereocenters. The van der Waals surface area contributed by atoms with Crippen LogP contribution in [-0.2, 0) is 6.54 Å². The number of hydrogen-bond donors (Lipinski definition) is 1. The molecule has 1 heterocycles. The maximum Gasteiger partial charge on any atom is 0.573 e. The average Bonchev–Trinajstić information content (AvgIpc) is 3.07. The van der Waals surface area contributed by atoms with Gasteiger partial charge in [0.15, 0.2) is 0 Å². The Bertz CT molecular complexity index is 741. The van der Waals surface area contributed by atoms with Crippen LogP contribution in [0, 0.1) is 5.92 Å². The Kier molecular flexibility index (Phi) is 4.64. The molecule has 25 heavy (non-hydrogen) atoms. The summed E-state index contributed by atoms with van der Waals surface area (Å²) in [5, 5.41) is 14.4. The number of benzene rings is 1. The van der Waals surface area contributed by atoms with Crippen molar-refractivity contribution in [2.24, 2.45) is 5.92 Å².